The summed E-state index contributed by atoms with van der Waals surface area (Å²) in [4.78, 5) is 28.2. The molecule has 1 saturated carbocycles. The molecule has 0 unspecified atom stereocenters. The quantitative estimate of drug-likeness (QED) is 0.599. The van der Waals surface area contributed by atoms with Gasteiger partial charge in [0.1, 0.15) is 5.82 Å². The zero-order valence-corrected chi connectivity index (χ0v) is 16.7. The predicted octanol–water partition coefficient (Wildman–Crippen LogP) is 3.39. The van der Waals surface area contributed by atoms with Crippen LogP contribution in [0.25, 0.3) is 10.9 Å². The zero-order chi connectivity index (χ0) is 20.2. The molecule has 3 aromatic rings. The van der Waals surface area contributed by atoms with Gasteiger partial charge in [-0.2, -0.15) is 5.10 Å². The Labute approximate surface area is 169 Å². The first-order valence-corrected chi connectivity index (χ1v) is 10.3. The van der Waals surface area contributed by atoms with Gasteiger partial charge in [-0.15, -0.1) is 0 Å². The zero-order valence-electron chi connectivity index (χ0n) is 16.7. The van der Waals surface area contributed by atoms with Crippen molar-refractivity contribution in [1.29, 1.82) is 0 Å². The van der Waals surface area contributed by atoms with E-state index >= 15 is 0 Å². The number of aryl methyl sites for hydroxylation is 1. The largest absolute Gasteiger partial charge is 0.361 e. The predicted molar refractivity (Wildman–Crippen MR) is 113 cm³/mol. The van der Waals surface area contributed by atoms with Gasteiger partial charge < -0.3 is 15.6 Å². The van der Waals surface area contributed by atoms with Crippen molar-refractivity contribution in [2.45, 2.75) is 38.5 Å². The van der Waals surface area contributed by atoms with Crippen molar-refractivity contribution in [1.82, 2.24) is 20.1 Å². The summed E-state index contributed by atoms with van der Waals surface area (Å²) in [6.45, 7) is 0.515. The highest BCUT2D eigenvalue weighted by molar-refractivity contribution is 5.96. The smallest absolute Gasteiger partial charge is 0.271 e. The standard InChI is InChI=1S/C22H27N5O2/c1-27-20(25-21(28)15-7-3-2-4-8-15)13-19(26-27)22(29)23-12-11-16-14-24-18-10-6-5-9-17(16)18/h5-6,9-10,13-15,24H,2-4,7-8,11-12H2,1H3,(H,23,29)(H,25,28). The first kappa shape index (κ1) is 19.2. The van der Waals surface area contributed by atoms with Gasteiger partial charge in [0.2, 0.25) is 5.91 Å². The summed E-state index contributed by atoms with van der Waals surface area (Å²) in [7, 11) is 1.74. The lowest BCUT2D eigenvalue weighted by Gasteiger charge is -2.20. The molecule has 7 heteroatoms. The molecule has 2 amide bonds. The first-order valence-electron chi connectivity index (χ1n) is 10.3. The lowest BCUT2D eigenvalue weighted by atomic mass is 9.89. The van der Waals surface area contributed by atoms with Crippen molar-refractivity contribution >= 4 is 28.5 Å². The van der Waals surface area contributed by atoms with Gasteiger partial charge in [0.25, 0.3) is 5.91 Å². The van der Waals surface area contributed by atoms with E-state index in [4.69, 9.17) is 0 Å². The second-order valence-corrected chi connectivity index (χ2v) is 7.73. The Kier molecular flexibility index (Phi) is 5.64. The van der Waals surface area contributed by atoms with Crippen molar-refractivity contribution in [2.75, 3.05) is 11.9 Å². The van der Waals surface area contributed by atoms with E-state index in [1.54, 1.807) is 17.8 Å². The summed E-state index contributed by atoms with van der Waals surface area (Å²) < 4.78 is 1.55. The van der Waals surface area contributed by atoms with Gasteiger partial charge in [-0.1, -0.05) is 37.5 Å². The number of aromatic nitrogens is 3. The van der Waals surface area contributed by atoms with Gasteiger partial charge in [-0.3, -0.25) is 14.3 Å². The van der Waals surface area contributed by atoms with E-state index in [2.05, 4.69) is 26.8 Å². The molecule has 0 bridgehead atoms. The molecule has 0 aliphatic heterocycles. The minimum Gasteiger partial charge on any atom is -0.361 e. The Morgan fingerprint density at radius 2 is 2.00 bits per heavy atom. The molecular weight excluding hydrogens is 366 g/mol. The SMILES string of the molecule is Cn1nc(C(=O)NCCc2c[nH]c3ccccc23)cc1NC(=O)C1CCCCC1. The number of amides is 2. The normalized spacial score (nSPS) is 14.8. The van der Waals surface area contributed by atoms with Crippen molar-refractivity contribution in [3.63, 3.8) is 0 Å². The van der Waals surface area contributed by atoms with Crippen LogP contribution in [0.1, 0.15) is 48.2 Å². The minimum absolute atomic E-state index is 0.0268. The van der Waals surface area contributed by atoms with Crippen molar-refractivity contribution in [3.8, 4) is 0 Å². The molecule has 152 valence electrons. The summed E-state index contributed by atoms with van der Waals surface area (Å²) in [6, 6.07) is 9.75. The van der Waals surface area contributed by atoms with Crippen LogP contribution < -0.4 is 10.6 Å². The summed E-state index contributed by atoms with van der Waals surface area (Å²) >= 11 is 0. The molecule has 0 atom stereocenters. The van der Waals surface area contributed by atoms with Gasteiger partial charge >= 0.3 is 0 Å². The number of carbonyl (C=O) groups is 2. The van der Waals surface area contributed by atoms with Crippen LogP contribution in [0.15, 0.2) is 36.5 Å². The van der Waals surface area contributed by atoms with Crippen LogP contribution in [0.3, 0.4) is 0 Å². The number of nitrogens with one attached hydrogen (secondary N) is 3. The fraction of sp³-hybridized carbons (Fsp3) is 0.409. The molecule has 2 heterocycles. The van der Waals surface area contributed by atoms with Crippen LogP contribution in [-0.2, 0) is 18.3 Å². The molecule has 1 aliphatic carbocycles. The van der Waals surface area contributed by atoms with E-state index < -0.39 is 0 Å². The summed E-state index contributed by atoms with van der Waals surface area (Å²) in [5.74, 6) is 0.409. The van der Waals surface area contributed by atoms with Crippen molar-refractivity contribution in [2.24, 2.45) is 13.0 Å². The van der Waals surface area contributed by atoms with Crippen molar-refractivity contribution in [3.05, 3.63) is 47.8 Å². The third-order valence-electron chi connectivity index (χ3n) is 5.69. The lowest BCUT2D eigenvalue weighted by molar-refractivity contribution is -0.120. The second-order valence-electron chi connectivity index (χ2n) is 7.73. The van der Waals surface area contributed by atoms with Crippen LogP contribution in [0.5, 0.6) is 0 Å². The molecule has 0 spiro atoms. The fourth-order valence-electron chi connectivity index (χ4n) is 4.03. The van der Waals surface area contributed by atoms with Gasteiger partial charge in [0.05, 0.1) is 0 Å². The topological polar surface area (TPSA) is 91.8 Å². The van der Waals surface area contributed by atoms with Crippen LogP contribution in [-0.4, -0.2) is 33.1 Å². The van der Waals surface area contributed by atoms with Crippen LogP contribution >= 0.6 is 0 Å². The third-order valence-corrected chi connectivity index (χ3v) is 5.69. The number of hydrogen-bond donors (Lipinski definition) is 3. The number of H-pyrrole nitrogens is 1. The number of nitrogens with zero attached hydrogens (tertiary/aromatic N) is 2. The number of rotatable bonds is 6. The Bertz CT molecular complexity index is 1010. The average molecular weight is 393 g/mol. The van der Waals surface area contributed by atoms with E-state index in [0.717, 1.165) is 37.6 Å². The molecule has 0 saturated heterocycles. The molecule has 1 fully saturated rings. The molecule has 7 nitrogen and oxygen atoms in total. The van der Waals surface area contributed by atoms with Crippen LogP contribution in [0, 0.1) is 5.92 Å². The highest BCUT2D eigenvalue weighted by atomic mass is 16.2. The number of hydrogen-bond acceptors (Lipinski definition) is 3. The number of carbonyl (C=O) groups excluding carboxylic acids is 2. The summed E-state index contributed by atoms with van der Waals surface area (Å²) in [5, 5.41) is 11.3. The Morgan fingerprint density at radius 3 is 2.83 bits per heavy atom. The average Bonchev–Trinajstić information content (AvgIpc) is 3.32. The highest BCUT2D eigenvalue weighted by Crippen LogP contribution is 2.25. The number of para-hydroxylation sites is 1. The van der Waals surface area contributed by atoms with E-state index in [1.165, 1.54) is 17.4 Å². The van der Waals surface area contributed by atoms with E-state index in [9.17, 15) is 9.59 Å². The van der Waals surface area contributed by atoms with Gasteiger partial charge in [0, 0.05) is 42.7 Å². The Balaban J connectivity index is 1.33. The lowest BCUT2D eigenvalue weighted by Crippen LogP contribution is -2.26. The molecule has 3 N–H and O–H groups in total. The molecular formula is C22H27N5O2. The molecule has 0 radical (unpaired) electrons. The second kappa shape index (κ2) is 8.51. The molecule has 4 rings (SSSR count). The maximum Gasteiger partial charge on any atom is 0.271 e. The molecule has 2 aromatic heterocycles. The Morgan fingerprint density at radius 1 is 1.21 bits per heavy atom. The van der Waals surface area contributed by atoms with E-state index in [-0.39, 0.29) is 17.7 Å². The molecule has 1 aromatic carbocycles. The number of fused-ring (bicyclic) bond motifs is 1. The van der Waals surface area contributed by atoms with E-state index in [0.29, 0.717) is 18.1 Å². The van der Waals surface area contributed by atoms with Gasteiger partial charge in [-0.25, -0.2) is 0 Å². The summed E-state index contributed by atoms with van der Waals surface area (Å²) in [5.41, 5.74) is 2.57. The number of aromatic amines is 1. The van der Waals surface area contributed by atoms with Gasteiger partial charge in [-0.05, 0) is 30.9 Å². The van der Waals surface area contributed by atoms with E-state index in [1.807, 2.05) is 24.4 Å². The molecule has 1 aliphatic rings. The fourth-order valence-corrected chi connectivity index (χ4v) is 4.03. The third kappa shape index (κ3) is 4.34. The van der Waals surface area contributed by atoms with Gasteiger partial charge in [0.15, 0.2) is 5.69 Å². The monoisotopic (exact) mass is 393 g/mol. The van der Waals surface area contributed by atoms with Crippen LogP contribution in [0.4, 0.5) is 5.82 Å². The van der Waals surface area contributed by atoms with Crippen molar-refractivity contribution < 1.29 is 9.59 Å². The van der Waals surface area contributed by atoms with Crippen LogP contribution in [0.2, 0.25) is 0 Å². The summed E-state index contributed by atoms with van der Waals surface area (Å²) in [6.07, 6.45) is 8.00. The minimum atomic E-state index is -0.237. The molecule has 29 heavy (non-hydrogen) atoms. The number of benzene rings is 1. The maximum atomic E-state index is 12.5. The first-order chi connectivity index (χ1) is 14.1. The highest BCUT2D eigenvalue weighted by Gasteiger charge is 2.22. The number of anilines is 1. The Hall–Kier alpha value is -3.09. The maximum absolute atomic E-state index is 12.5.